The zero-order valence-electron chi connectivity index (χ0n) is 12.7. The zero-order chi connectivity index (χ0) is 15.0. The molecule has 2 unspecified atom stereocenters. The highest BCUT2D eigenvalue weighted by atomic mass is 16.3. The molecule has 0 radical (unpaired) electrons. The van der Waals surface area contributed by atoms with Gasteiger partial charge in [-0.25, -0.2) is 0 Å². The molecule has 0 aromatic heterocycles. The van der Waals surface area contributed by atoms with E-state index in [1.165, 1.54) is 0 Å². The van der Waals surface area contributed by atoms with Crippen LogP contribution in [0.5, 0.6) is 0 Å². The van der Waals surface area contributed by atoms with E-state index < -0.39 is 0 Å². The van der Waals surface area contributed by atoms with Gasteiger partial charge in [-0.2, -0.15) is 0 Å². The van der Waals surface area contributed by atoms with Crippen molar-refractivity contribution < 1.29 is 9.90 Å². The van der Waals surface area contributed by atoms with Gasteiger partial charge < -0.3 is 15.3 Å². The quantitative estimate of drug-likeness (QED) is 0.899. The maximum absolute atomic E-state index is 13.0. The van der Waals surface area contributed by atoms with Gasteiger partial charge in [-0.1, -0.05) is 12.1 Å². The molecule has 2 saturated heterocycles. The van der Waals surface area contributed by atoms with Crippen LogP contribution in [-0.4, -0.2) is 40.1 Å². The minimum Gasteiger partial charge on any atom is -0.393 e. The standard InChI is InChI=1S/C17H24N2O2/c1-11(2)18-16-6-4-3-5-15(16)17(21)19-12-7-8-13(19)10-14(20)9-12/h3-6,11-14,18,20H,7-10H2,1-2H3. The van der Waals surface area contributed by atoms with E-state index in [2.05, 4.69) is 19.2 Å². The lowest BCUT2D eigenvalue weighted by Gasteiger charge is -2.37. The molecule has 1 aromatic rings. The first-order chi connectivity index (χ1) is 10.1. The minimum atomic E-state index is -0.240. The molecular formula is C17H24N2O2. The Labute approximate surface area is 126 Å². The molecule has 0 aliphatic carbocycles. The maximum atomic E-state index is 13.0. The molecule has 2 aliphatic rings. The lowest BCUT2D eigenvalue weighted by Crippen LogP contribution is -2.48. The summed E-state index contributed by atoms with van der Waals surface area (Å²) in [5, 5.41) is 13.2. The summed E-state index contributed by atoms with van der Waals surface area (Å²) in [4.78, 5) is 15.0. The second-order valence-corrected chi connectivity index (χ2v) is 6.57. The number of hydrogen-bond donors (Lipinski definition) is 2. The van der Waals surface area contributed by atoms with Crippen LogP contribution >= 0.6 is 0 Å². The highest BCUT2D eigenvalue weighted by Gasteiger charge is 2.43. The van der Waals surface area contributed by atoms with E-state index >= 15 is 0 Å². The molecule has 4 nitrogen and oxygen atoms in total. The number of benzene rings is 1. The van der Waals surface area contributed by atoms with Gasteiger partial charge in [0.05, 0.1) is 11.7 Å². The van der Waals surface area contributed by atoms with Crippen molar-refractivity contribution in [3.63, 3.8) is 0 Å². The van der Waals surface area contributed by atoms with Crippen LogP contribution in [-0.2, 0) is 0 Å². The SMILES string of the molecule is CC(C)Nc1ccccc1C(=O)N1C2CCC1CC(O)C2. The summed E-state index contributed by atoms with van der Waals surface area (Å²) in [6, 6.07) is 8.44. The monoisotopic (exact) mass is 288 g/mol. The molecular weight excluding hydrogens is 264 g/mol. The number of carbonyl (C=O) groups excluding carboxylic acids is 1. The molecule has 2 heterocycles. The molecule has 2 N–H and O–H groups in total. The maximum Gasteiger partial charge on any atom is 0.256 e. The third-order valence-electron chi connectivity index (χ3n) is 4.54. The zero-order valence-corrected chi connectivity index (χ0v) is 12.7. The van der Waals surface area contributed by atoms with Gasteiger partial charge in [-0.15, -0.1) is 0 Å². The fourth-order valence-corrected chi connectivity index (χ4v) is 3.73. The number of aliphatic hydroxyl groups excluding tert-OH is 1. The number of para-hydroxylation sites is 1. The van der Waals surface area contributed by atoms with Crippen LogP contribution in [0.15, 0.2) is 24.3 Å². The Morgan fingerprint density at radius 1 is 1.24 bits per heavy atom. The van der Waals surface area contributed by atoms with E-state index in [0.29, 0.717) is 6.04 Å². The largest absolute Gasteiger partial charge is 0.393 e. The smallest absolute Gasteiger partial charge is 0.256 e. The third kappa shape index (κ3) is 2.77. The van der Waals surface area contributed by atoms with Crippen molar-refractivity contribution in [3.05, 3.63) is 29.8 Å². The van der Waals surface area contributed by atoms with Gasteiger partial charge in [0.15, 0.2) is 0 Å². The first-order valence-corrected chi connectivity index (χ1v) is 7.92. The lowest BCUT2D eigenvalue weighted by molar-refractivity contribution is 0.0287. The van der Waals surface area contributed by atoms with Gasteiger partial charge in [-0.05, 0) is 51.7 Å². The van der Waals surface area contributed by atoms with E-state index in [0.717, 1.165) is 36.9 Å². The van der Waals surface area contributed by atoms with E-state index in [9.17, 15) is 9.90 Å². The van der Waals surface area contributed by atoms with Crippen LogP contribution in [0.3, 0.4) is 0 Å². The molecule has 114 valence electrons. The molecule has 0 saturated carbocycles. The van der Waals surface area contributed by atoms with E-state index in [-0.39, 0.29) is 24.1 Å². The summed E-state index contributed by atoms with van der Waals surface area (Å²) in [6.45, 7) is 4.14. The van der Waals surface area contributed by atoms with E-state index in [1.807, 2.05) is 29.2 Å². The number of anilines is 1. The molecule has 2 bridgehead atoms. The fraction of sp³-hybridized carbons (Fsp3) is 0.588. The minimum absolute atomic E-state index is 0.109. The van der Waals surface area contributed by atoms with Crippen molar-refractivity contribution in [1.29, 1.82) is 0 Å². The summed E-state index contributed by atoms with van der Waals surface area (Å²) in [5.41, 5.74) is 1.66. The van der Waals surface area contributed by atoms with Crippen molar-refractivity contribution in [1.82, 2.24) is 4.90 Å². The van der Waals surface area contributed by atoms with Crippen molar-refractivity contribution in [2.75, 3.05) is 5.32 Å². The molecule has 2 fully saturated rings. The Balaban J connectivity index is 1.86. The van der Waals surface area contributed by atoms with Crippen LogP contribution in [0, 0.1) is 0 Å². The molecule has 2 aliphatic heterocycles. The third-order valence-corrected chi connectivity index (χ3v) is 4.54. The van der Waals surface area contributed by atoms with Crippen molar-refractivity contribution in [3.8, 4) is 0 Å². The summed E-state index contributed by atoms with van der Waals surface area (Å²) in [7, 11) is 0. The first kappa shape index (κ1) is 14.4. The highest BCUT2D eigenvalue weighted by Crippen LogP contribution is 2.37. The normalized spacial score (nSPS) is 28.0. The van der Waals surface area contributed by atoms with Crippen molar-refractivity contribution in [2.45, 2.75) is 63.8 Å². The Morgan fingerprint density at radius 2 is 1.86 bits per heavy atom. The second kappa shape index (κ2) is 5.68. The predicted octanol–water partition coefficient (Wildman–Crippen LogP) is 2.63. The van der Waals surface area contributed by atoms with Crippen LogP contribution in [0.1, 0.15) is 49.9 Å². The molecule has 0 spiro atoms. The number of fused-ring (bicyclic) bond motifs is 2. The van der Waals surface area contributed by atoms with Gasteiger partial charge in [0.25, 0.3) is 5.91 Å². The molecule has 1 amide bonds. The van der Waals surface area contributed by atoms with Gasteiger partial charge in [0.2, 0.25) is 0 Å². The molecule has 2 atom stereocenters. The van der Waals surface area contributed by atoms with Crippen molar-refractivity contribution in [2.24, 2.45) is 0 Å². The Morgan fingerprint density at radius 3 is 2.48 bits per heavy atom. The topological polar surface area (TPSA) is 52.6 Å². The molecule has 1 aromatic carbocycles. The number of piperidine rings is 1. The average molecular weight is 288 g/mol. The van der Waals surface area contributed by atoms with Crippen LogP contribution in [0.4, 0.5) is 5.69 Å². The van der Waals surface area contributed by atoms with E-state index in [4.69, 9.17) is 0 Å². The highest BCUT2D eigenvalue weighted by molar-refractivity contribution is 6.00. The molecule has 21 heavy (non-hydrogen) atoms. The van der Waals surface area contributed by atoms with Crippen LogP contribution < -0.4 is 5.32 Å². The Kier molecular flexibility index (Phi) is 3.89. The van der Waals surface area contributed by atoms with Gasteiger partial charge in [0.1, 0.15) is 0 Å². The number of amides is 1. The number of hydrogen-bond acceptors (Lipinski definition) is 3. The summed E-state index contributed by atoms with van der Waals surface area (Å²) >= 11 is 0. The summed E-state index contributed by atoms with van der Waals surface area (Å²) in [5.74, 6) is 0.109. The number of nitrogens with zero attached hydrogens (tertiary/aromatic N) is 1. The van der Waals surface area contributed by atoms with Gasteiger partial charge >= 0.3 is 0 Å². The number of rotatable bonds is 3. The van der Waals surface area contributed by atoms with Gasteiger partial charge in [-0.3, -0.25) is 4.79 Å². The Hall–Kier alpha value is -1.55. The first-order valence-electron chi connectivity index (χ1n) is 7.92. The molecule has 4 heteroatoms. The summed E-state index contributed by atoms with van der Waals surface area (Å²) < 4.78 is 0. The van der Waals surface area contributed by atoms with E-state index in [1.54, 1.807) is 0 Å². The second-order valence-electron chi connectivity index (χ2n) is 6.57. The Bertz CT molecular complexity index is 515. The average Bonchev–Trinajstić information content (AvgIpc) is 2.70. The number of nitrogens with one attached hydrogen (secondary N) is 1. The van der Waals surface area contributed by atoms with Crippen molar-refractivity contribution >= 4 is 11.6 Å². The number of carbonyl (C=O) groups is 1. The fourth-order valence-electron chi connectivity index (χ4n) is 3.73. The van der Waals surface area contributed by atoms with Gasteiger partial charge in [0, 0.05) is 23.8 Å². The lowest BCUT2D eigenvalue weighted by atomic mass is 9.98. The summed E-state index contributed by atoms with van der Waals surface area (Å²) in [6.07, 6.45) is 3.25. The van der Waals surface area contributed by atoms with Crippen LogP contribution in [0.25, 0.3) is 0 Å². The number of aliphatic hydroxyl groups is 1. The molecule has 3 rings (SSSR count). The van der Waals surface area contributed by atoms with Crippen LogP contribution in [0.2, 0.25) is 0 Å². The predicted molar refractivity (Wildman–Crippen MR) is 83.4 cm³/mol.